The van der Waals surface area contributed by atoms with Crippen LogP contribution in [0.5, 0.6) is 0 Å². The van der Waals surface area contributed by atoms with E-state index in [0.29, 0.717) is 6.04 Å². The first-order valence-corrected chi connectivity index (χ1v) is 6.77. The monoisotopic (exact) mass is 261 g/mol. The highest BCUT2D eigenvalue weighted by Crippen LogP contribution is 2.30. The molecule has 0 aromatic carbocycles. The van der Waals surface area contributed by atoms with Crippen LogP contribution in [0.15, 0.2) is 10.9 Å². The lowest BCUT2D eigenvalue weighted by atomic mass is 10.0. The molecule has 0 aliphatic carbocycles. The summed E-state index contributed by atoms with van der Waals surface area (Å²) in [5, 5.41) is 11.0. The van der Waals surface area contributed by atoms with Gasteiger partial charge in [-0.15, -0.1) is 0 Å². The van der Waals surface area contributed by atoms with Crippen LogP contribution >= 0.6 is 0 Å². The maximum atomic E-state index is 5.25. The maximum Gasteiger partial charge on any atom is 0.141 e. The highest BCUT2D eigenvalue weighted by atomic mass is 16.5. The Morgan fingerprint density at radius 3 is 3.00 bits per heavy atom. The van der Waals surface area contributed by atoms with Gasteiger partial charge in [-0.3, -0.25) is 10.00 Å². The molecule has 2 aromatic rings. The smallest absolute Gasteiger partial charge is 0.141 e. The molecule has 0 radical (unpaired) electrons. The molecule has 0 amide bonds. The number of aromatic amines is 1. The van der Waals surface area contributed by atoms with Crippen LogP contribution < -0.4 is 0 Å². The molecule has 1 N–H and O–H groups in total. The average Bonchev–Trinajstić information content (AvgIpc) is 3.05. The summed E-state index contributed by atoms with van der Waals surface area (Å²) in [7, 11) is 0. The van der Waals surface area contributed by atoms with Gasteiger partial charge in [-0.1, -0.05) is 11.6 Å². The zero-order valence-corrected chi connectivity index (χ0v) is 11.4. The number of piperidine rings is 1. The molecule has 19 heavy (non-hydrogen) atoms. The predicted molar refractivity (Wildman–Crippen MR) is 69.4 cm³/mol. The number of likely N-dealkylation sites (tertiary alicyclic amines) is 1. The van der Waals surface area contributed by atoms with Crippen LogP contribution in [0, 0.1) is 13.8 Å². The first-order valence-electron chi connectivity index (χ1n) is 6.77. The van der Waals surface area contributed by atoms with Crippen molar-refractivity contribution in [2.75, 3.05) is 6.54 Å². The third kappa shape index (κ3) is 2.40. The van der Waals surface area contributed by atoms with E-state index in [0.717, 1.165) is 36.8 Å². The van der Waals surface area contributed by atoms with Crippen LogP contribution in [0.1, 0.15) is 48.1 Å². The van der Waals surface area contributed by atoms with Gasteiger partial charge in [0.2, 0.25) is 0 Å². The summed E-state index contributed by atoms with van der Waals surface area (Å²) in [6.45, 7) is 5.92. The van der Waals surface area contributed by atoms with Crippen molar-refractivity contribution in [3.05, 3.63) is 29.2 Å². The minimum Gasteiger partial charge on any atom is -0.361 e. The van der Waals surface area contributed by atoms with Crippen LogP contribution in [0.3, 0.4) is 0 Å². The number of nitrogens with one attached hydrogen (secondary N) is 1. The maximum absolute atomic E-state index is 5.25. The molecule has 0 saturated carbocycles. The van der Waals surface area contributed by atoms with E-state index >= 15 is 0 Å². The van der Waals surface area contributed by atoms with E-state index in [9.17, 15) is 0 Å². The van der Waals surface area contributed by atoms with Crippen LogP contribution in [-0.2, 0) is 6.54 Å². The average molecular weight is 261 g/mol. The van der Waals surface area contributed by atoms with E-state index in [2.05, 4.69) is 25.2 Å². The lowest BCUT2D eigenvalue weighted by Gasteiger charge is -2.34. The van der Waals surface area contributed by atoms with Gasteiger partial charge >= 0.3 is 0 Å². The van der Waals surface area contributed by atoms with Gasteiger partial charge in [0.15, 0.2) is 0 Å². The first kappa shape index (κ1) is 12.3. The quantitative estimate of drug-likeness (QED) is 0.916. The standard InChI is InChI=1S/C13H19N5O/c1-9-11(10(2)19-17-9)7-18-6-4-3-5-12(18)13-14-8-15-16-13/h8,12H,3-7H2,1-2H3,(H,14,15,16). The zero-order chi connectivity index (χ0) is 13.2. The molecular weight excluding hydrogens is 242 g/mol. The summed E-state index contributed by atoms with van der Waals surface area (Å²) in [6, 6.07) is 0.324. The first-order chi connectivity index (χ1) is 9.25. The van der Waals surface area contributed by atoms with Gasteiger partial charge in [-0.05, 0) is 33.2 Å². The zero-order valence-electron chi connectivity index (χ0n) is 11.4. The molecule has 1 aliphatic rings. The van der Waals surface area contributed by atoms with Crippen LogP contribution in [0.4, 0.5) is 0 Å². The Balaban J connectivity index is 1.81. The Morgan fingerprint density at radius 1 is 1.42 bits per heavy atom. The lowest BCUT2D eigenvalue weighted by molar-refractivity contribution is 0.133. The topological polar surface area (TPSA) is 70.8 Å². The minimum absolute atomic E-state index is 0.324. The van der Waals surface area contributed by atoms with Crippen molar-refractivity contribution in [1.82, 2.24) is 25.2 Å². The summed E-state index contributed by atoms with van der Waals surface area (Å²) in [6.07, 6.45) is 5.17. The Hall–Kier alpha value is -1.69. The third-order valence-corrected chi connectivity index (χ3v) is 3.91. The molecule has 0 spiro atoms. The van der Waals surface area contributed by atoms with Crippen molar-refractivity contribution in [2.24, 2.45) is 0 Å². The second kappa shape index (κ2) is 5.13. The summed E-state index contributed by atoms with van der Waals surface area (Å²) < 4.78 is 5.25. The van der Waals surface area contributed by atoms with Gasteiger partial charge in [0, 0.05) is 12.1 Å². The minimum atomic E-state index is 0.324. The van der Waals surface area contributed by atoms with Crippen molar-refractivity contribution in [3.8, 4) is 0 Å². The van der Waals surface area contributed by atoms with Gasteiger partial charge in [0.1, 0.15) is 17.9 Å². The number of aromatic nitrogens is 4. The molecule has 3 heterocycles. The van der Waals surface area contributed by atoms with E-state index in [4.69, 9.17) is 4.52 Å². The molecule has 6 nitrogen and oxygen atoms in total. The van der Waals surface area contributed by atoms with Gasteiger partial charge in [0.05, 0.1) is 11.7 Å². The van der Waals surface area contributed by atoms with Crippen LogP contribution in [0.25, 0.3) is 0 Å². The van der Waals surface area contributed by atoms with Gasteiger partial charge in [-0.25, -0.2) is 4.98 Å². The molecule has 1 unspecified atom stereocenters. The van der Waals surface area contributed by atoms with Crippen LogP contribution in [0.2, 0.25) is 0 Å². The number of H-pyrrole nitrogens is 1. The third-order valence-electron chi connectivity index (χ3n) is 3.91. The van der Waals surface area contributed by atoms with E-state index in [1.807, 2.05) is 13.8 Å². The summed E-state index contributed by atoms with van der Waals surface area (Å²) in [5.74, 6) is 1.88. The molecule has 3 rings (SSSR count). The molecular formula is C13H19N5O. The number of aryl methyl sites for hydroxylation is 2. The molecule has 2 aromatic heterocycles. The lowest BCUT2D eigenvalue weighted by Crippen LogP contribution is -2.33. The molecule has 1 aliphatic heterocycles. The molecule has 1 atom stereocenters. The second-order valence-electron chi connectivity index (χ2n) is 5.16. The highest BCUT2D eigenvalue weighted by molar-refractivity contribution is 5.21. The largest absolute Gasteiger partial charge is 0.361 e. The fourth-order valence-electron chi connectivity index (χ4n) is 2.80. The molecule has 102 valence electrons. The van der Waals surface area contributed by atoms with Crippen molar-refractivity contribution in [2.45, 2.75) is 45.7 Å². The van der Waals surface area contributed by atoms with E-state index in [1.165, 1.54) is 18.4 Å². The van der Waals surface area contributed by atoms with Crippen molar-refractivity contribution in [1.29, 1.82) is 0 Å². The highest BCUT2D eigenvalue weighted by Gasteiger charge is 2.27. The molecule has 6 heteroatoms. The Morgan fingerprint density at radius 2 is 2.32 bits per heavy atom. The number of hydrogen-bond acceptors (Lipinski definition) is 5. The predicted octanol–water partition coefficient (Wildman–Crippen LogP) is 2.14. The number of rotatable bonds is 3. The fourth-order valence-corrected chi connectivity index (χ4v) is 2.80. The van der Waals surface area contributed by atoms with Crippen molar-refractivity contribution < 1.29 is 4.52 Å². The van der Waals surface area contributed by atoms with Gasteiger partial charge < -0.3 is 4.52 Å². The Labute approximate surface area is 112 Å². The summed E-state index contributed by atoms with van der Waals surface area (Å²) >= 11 is 0. The van der Waals surface area contributed by atoms with E-state index in [-0.39, 0.29) is 0 Å². The Kier molecular flexibility index (Phi) is 3.33. The number of nitrogens with zero attached hydrogens (tertiary/aromatic N) is 4. The number of hydrogen-bond donors (Lipinski definition) is 1. The Bertz CT molecular complexity index is 514. The summed E-state index contributed by atoms with van der Waals surface area (Å²) in [4.78, 5) is 6.76. The van der Waals surface area contributed by atoms with E-state index in [1.54, 1.807) is 6.33 Å². The molecule has 0 bridgehead atoms. The summed E-state index contributed by atoms with van der Waals surface area (Å²) in [5.41, 5.74) is 2.19. The van der Waals surface area contributed by atoms with Gasteiger partial charge in [-0.2, -0.15) is 5.10 Å². The molecule has 1 fully saturated rings. The molecule has 1 saturated heterocycles. The van der Waals surface area contributed by atoms with Gasteiger partial charge in [0.25, 0.3) is 0 Å². The van der Waals surface area contributed by atoms with Crippen LogP contribution in [-0.4, -0.2) is 31.8 Å². The SMILES string of the molecule is Cc1noc(C)c1CN1CCCCC1c1ncn[nH]1. The second-order valence-corrected chi connectivity index (χ2v) is 5.16. The normalized spacial score (nSPS) is 20.8. The fraction of sp³-hybridized carbons (Fsp3) is 0.615. The van der Waals surface area contributed by atoms with Crippen molar-refractivity contribution >= 4 is 0 Å². The van der Waals surface area contributed by atoms with E-state index < -0.39 is 0 Å². The van der Waals surface area contributed by atoms with Crippen molar-refractivity contribution in [3.63, 3.8) is 0 Å².